The van der Waals surface area contributed by atoms with Crippen molar-refractivity contribution in [3.63, 3.8) is 0 Å². The Morgan fingerprint density at radius 3 is 2.08 bits per heavy atom. The van der Waals surface area contributed by atoms with Crippen LogP contribution >= 0.6 is 0 Å². The summed E-state index contributed by atoms with van der Waals surface area (Å²) in [4.78, 5) is 27.6. The Kier molecular flexibility index (Phi) is 7.41. The molecule has 0 aliphatic rings. The van der Waals surface area contributed by atoms with E-state index in [0.29, 0.717) is 17.9 Å². The minimum Gasteiger partial charge on any atom is -0.462 e. The molecule has 7 nitrogen and oxygen atoms in total. The summed E-state index contributed by atoms with van der Waals surface area (Å²) < 4.78 is 7.16. The average molecular weight is 516 g/mol. The van der Waals surface area contributed by atoms with E-state index in [0.717, 1.165) is 33.8 Å². The van der Waals surface area contributed by atoms with Gasteiger partial charge in [-0.3, -0.25) is 15.1 Å². The van der Waals surface area contributed by atoms with Crippen LogP contribution in [0.25, 0.3) is 28.2 Å². The fraction of sp³-hybridized carbons (Fsp3) is 0.0625. The zero-order valence-electron chi connectivity index (χ0n) is 21.2. The summed E-state index contributed by atoms with van der Waals surface area (Å²) >= 11 is 0. The number of esters is 1. The number of nitro benzene ring substituents is 1. The molecule has 39 heavy (non-hydrogen) atoms. The Hall–Kier alpha value is -5.30. The van der Waals surface area contributed by atoms with Crippen LogP contribution in [0.2, 0.25) is 0 Å². The van der Waals surface area contributed by atoms with E-state index in [1.807, 2.05) is 60.7 Å². The quantitative estimate of drug-likeness (QED) is 0.0919. The number of carbonyl (C=O) groups is 1. The van der Waals surface area contributed by atoms with Crippen molar-refractivity contribution in [3.05, 3.63) is 137 Å². The number of non-ortho nitro benzene ring substituents is 1. The second-order valence-electron chi connectivity index (χ2n) is 8.70. The summed E-state index contributed by atoms with van der Waals surface area (Å²) in [6.45, 7) is 2.09. The Morgan fingerprint density at radius 2 is 1.49 bits per heavy atom. The van der Waals surface area contributed by atoms with Crippen LogP contribution in [0, 0.1) is 10.1 Å². The van der Waals surface area contributed by atoms with Crippen LogP contribution in [0.15, 0.2) is 120 Å². The van der Waals surface area contributed by atoms with Crippen LogP contribution in [0.3, 0.4) is 0 Å². The minimum atomic E-state index is -0.402. The van der Waals surface area contributed by atoms with Crippen molar-refractivity contribution in [2.45, 2.75) is 6.92 Å². The first-order valence-corrected chi connectivity index (χ1v) is 12.5. The van der Waals surface area contributed by atoms with Gasteiger partial charge in [-0.15, -0.1) is 0 Å². The number of hydrogen-bond acceptors (Lipinski definition) is 5. The standard InChI is InChI=1S/C32H25N3O4/c1-2-39-32(36)25-13-15-27(16-14-25)33-22-26-21-30(23-9-5-3-6-10-23)34(31(26)24-11-7-4-8-12-24)28-17-19-29(20-18-28)35(37)38/h3-22H,2H2,1H3. The first-order chi connectivity index (χ1) is 19.0. The molecule has 5 rings (SSSR count). The van der Waals surface area contributed by atoms with Crippen LogP contribution in [-0.4, -0.2) is 28.3 Å². The lowest BCUT2D eigenvalue weighted by Crippen LogP contribution is -2.03. The van der Waals surface area contributed by atoms with E-state index in [1.54, 1.807) is 49.5 Å². The molecule has 192 valence electrons. The molecule has 0 atom stereocenters. The van der Waals surface area contributed by atoms with Crippen LogP contribution in [0.1, 0.15) is 22.8 Å². The van der Waals surface area contributed by atoms with E-state index in [9.17, 15) is 14.9 Å². The largest absolute Gasteiger partial charge is 0.462 e. The van der Waals surface area contributed by atoms with Gasteiger partial charge < -0.3 is 9.30 Å². The zero-order valence-corrected chi connectivity index (χ0v) is 21.2. The molecule has 0 saturated carbocycles. The normalized spacial score (nSPS) is 11.0. The second-order valence-corrected chi connectivity index (χ2v) is 8.70. The molecule has 0 unspecified atom stereocenters. The van der Waals surface area contributed by atoms with Gasteiger partial charge in [-0.05, 0) is 60.5 Å². The maximum Gasteiger partial charge on any atom is 0.338 e. The number of carbonyl (C=O) groups excluding carboxylic acids is 1. The number of aliphatic imine (C=N–C) groups is 1. The van der Waals surface area contributed by atoms with Gasteiger partial charge in [0.25, 0.3) is 5.69 Å². The molecule has 7 heteroatoms. The number of ether oxygens (including phenoxy) is 1. The lowest BCUT2D eigenvalue weighted by Gasteiger charge is -2.15. The molecule has 0 fully saturated rings. The molecule has 5 aromatic rings. The first-order valence-electron chi connectivity index (χ1n) is 12.5. The van der Waals surface area contributed by atoms with Crippen LogP contribution in [0.4, 0.5) is 11.4 Å². The Morgan fingerprint density at radius 1 is 0.872 bits per heavy atom. The molecule has 0 bridgehead atoms. The van der Waals surface area contributed by atoms with Gasteiger partial charge in [-0.2, -0.15) is 0 Å². The van der Waals surface area contributed by atoms with Crippen molar-refractivity contribution in [1.29, 1.82) is 0 Å². The van der Waals surface area contributed by atoms with Crippen LogP contribution in [-0.2, 0) is 4.74 Å². The van der Waals surface area contributed by atoms with Gasteiger partial charge in [-0.25, -0.2) is 4.79 Å². The summed E-state index contributed by atoms with van der Waals surface area (Å²) in [6.07, 6.45) is 1.80. The molecular formula is C32H25N3O4. The fourth-order valence-corrected chi connectivity index (χ4v) is 4.37. The lowest BCUT2D eigenvalue weighted by molar-refractivity contribution is -0.384. The van der Waals surface area contributed by atoms with Crippen molar-refractivity contribution in [3.8, 4) is 28.2 Å². The van der Waals surface area contributed by atoms with E-state index < -0.39 is 4.92 Å². The number of nitrogens with zero attached hydrogens (tertiary/aromatic N) is 3. The van der Waals surface area contributed by atoms with Gasteiger partial charge >= 0.3 is 5.97 Å². The highest BCUT2D eigenvalue weighted by atomic mass is 16.6. The fourth-order valence-electron chi connectivity index (χ4n) is 4.37. The third-order valence-corrected chi connectivity index (χ3v) is 6.20. The van der Waals surface area contributed by atoms with Gasteiger partial charge in [0, 0.05) is 29.6 Å². The average Bonchev–Trinajstić information content (AvgIpc) is 3.37. The second kappa shape index (κ2) is 11.4. The zero-order chi connectivity index (χ0) is 27.2. The highest BCUT2D eigenvalue weighted by Gasteiger charge is 2.19. The van der Waals surface area contributed by atoms with Gasteiger partial charge in [0.05, 0.1) is 34.2 Å². The van der Waals surface area contributed by atoms with E-state index >= 15 is 0 Å². The number of benzene rings is 4. The van der Waals surface area contributed by atoms with Gasteiger partial charge in [-0.1, -0.05) is 60.7 Å². The topological polar surface area (TPSA) is 86.7 Å². The van der Waals surface area contributed by atoms with E-state index in [-0.39, 0.29) is 11.7 Å². The molecule has 0 N–H and O–H groups in total. The van der Waals surface area contributed by atoms with Gasteiger partial charge in [0.15, 0.2) is 0 Å². The molecule has 4 aromatic carbocycles. The molecule has 0 amide bonds. The monoisotopic (exact) mass is 515 g/mol. The van der Waals surface area contributed by atoms with Crippen LogP contribution in [0.5, 0.6) is 0 Å². The Balaban J connectivity index is 1.66. The van der Waals surface area contributed by atoms with Gasteiger partial charge in [0.1, 0.15) is 0 Å². The van der Waals surface area contributed by atoms with Crippen molar-refractivity contribution in [1.82, 2.24) is 4.57 Å². The molecule has 0 saturated heterocycles. The highest BCUT2D eigenvalue weighted by Crippen LogP contribution is 2.36. The SMILES string of the molecule is CCOC(=O)c1ccc(N=Cc2cc(-c3ccccc3)n(-c3ccc([N+](=O)[O-])cc3)c2-c2ccccc2)cc1. The van der Waals surface area contributed by atoms with E-state index in [1.165, 1.54) is 12.1 Å². The van der Waals surface area contributed by atoms with E-state index in [4.69, 9.17) is 9.73 Å². The van der Waals surface area contributed by atoms with Gasteiger partial charge in [0.2, 0.25) is 0 Å². The van der Waals surface area contributed by atoms with Crippen molar-refractivity contribution in [2.75, 3.05) is 6.61 Å². The Labute approximate surface area is 225 Å². The van der Waals surface area contributed by atoms with Crippen molar-refractivity contribution in [2.24, 2.45) is 4.99 Å². The molecule has 0 spiro atoms. The third kappa shape index (κ3) is 5.52. The minimum absolute atomic E-state index is 0.0291. The van der Waals surface area contributed by atoms with Crippen LogP contribution < -0.4 is 0 Å². The highest BCUT2D eigenvalue weighted by molar-refractivity contribution is 5.95. The lowest BCUT2D eigenvalue weighted by atomic mass is 10.1. The first kappa shape index (κ1) is 25.4. The summed E-state index contributed by atoms with van der Waals surface area (Å²) in [5.74, 6) is -0.368. The number of hydrogen-bond donors (Lipinski definition) is 0. The molecule has 1 aromatic heterocycles. The molecule has 0 aliphatic heterocycles. The number of aromatic nitrogens is 1. The Bertz CT molecular complexity index is 1620. The number of nitro groups is 1. The predicted molar refractivity (Wildman–Crippen MR) is 153 cm³/mol. The molecule has 0 radical (unpaired) electrons. The summed E-state index contributed by atoms with van der Waals surface area (Å²) in [6, 6.07) is 35.5. The summed E-state index contributed by atoms with van der Waals surface area (Å²) in [5, 5.41) is 11.3. The van der Waals surface area contributed by atoms with Crippen molar-refractivity contribution < 1.29 is 14.5 Å². The van der Waals surface area contributed by atoms with Crippen molar-refractivity contribution >= 4 is 23.6 Å². The number of rotatable bonds is 8. The summed E-state index contributed by atoms with van der Waals surface area (Å²) in [5.41, 5.74) is 6.62. The third-order valence-electron chi connectivity index (χ3n) is 6.20. The maximum absolute atomic E-state index is 12.0. The smallest absolute Gasteiger partial charge is 0.338 e. The van der Waals surface area contributed by atoms with E-state index in [2.05, 4.69) is 10.6 Å². The molecular weight excluding hydrogens is 490 g/mol. The molecule has 1 heterocycles. The molecule has 0 aliphatic carbocycles. The predicted octanol–water partition coefficient (Wildman–Crippen LogP) is 7.65. The summed E-state index contributed by atoms with van der Waals surface area (Å²) in [7, 11) is 0. The maximum atomic E-state index is 12.0.